The van der Waals surface area contributed by atoms with Gasteiger partial charge in [-0.3, -0.25) is 0 Å². The molecule has 0 N–H and O–H groups in total. The van der Waals surface area contributed by atoms with E-state index >= 15 is 0 Å². The number of carbonyl (C=O) groups is 1. The Morgan fingerprint density at radius 3 is 2.88 bits per heavy atom. The van der Waals surface area contributed by atoms with Crippen LogP contribution in [0.5, 0.6) is 0 Å². The fourth-order valence-electron chi connectivity index (χ4n) is 0.633. The van der Waals surface area contributed by atoms with Crippen LogP contribution in [0.2, 0.25) is 0 Å². The van der Waals surface area contributed by atoms with E-state index in [1.807, 2.05) is 6.92 Å². The Balaban J connectivity index is 2.46. The highest BCUT2D eigenvalue weighted by atomic mass is 16.5. The van der Waals surface area contributed by atoms with Gasteiger partial charge in [0.25, 0.3) is 0 Å². The van der Waals surface area contributed by atoms with Gasteiger partial charge >= 0.3 is 5.97 Å². The predicted octanol–water partition coefficient (Wildman–Crippen LogP) is 0.878. The Morgan fingerprint density at radius 2 is 2.62 bits per heavy atom. The summed E-state index contributed by atoms with van der Waals surface area (Å²) in [6, 6.07) is 0. The Morgan fingerprint density at radius 1 is 1.88 bits per heavy atom. The molecular formula is C6H8O2. The number of carbonyl (C=O) groups excluding carboxylic acids is 1. The Bertz CT molecular complexity index is 126. The third-order valence-electron chi connectivity index (χ3n) is 1.12. The number of cyclic esters (lactones) is 1. The molecule has 1 heterocycles. The number of rotatable bonds is 1. The summed E-state index contributed by atoms with van der Waals surface area (Å²) in [6.45, 7) is 1.98. The summed E-state index contributed by atoms with van der Waals surface area (Å²) in [5, 5.41) is 0. The summed E-state index contributed by atoms with van der Waals surface area (Å²) in [5.74, 6) is -0.211. The standard InChI is InChI=1S/C6H8O2/c1-2-5-3-4-6(7)8-5/h3-5H,2H2,1H3/t5-/m1/s1. The monoisotopic (exact) mass is 112 g/mol. The first kappa shape index (κ1) is 5.35. The van der Waals surface area contributed by atoms with E-state index in [1.54, 1.807) is 6.08 Å². The molecule has 1 aliphatic rings. The van der Waals surface area contributed by atoms with Crippen molar-refractivity contribution in [3.63, 3.8) is 0 Å². The van der Waals surface area contributed by atoms with Crippen molar-refractivity contribution in [2.75, 3.05) is 0 Å². The largest absolute Gasteiger partial charge is 0.455 e. The Hall–Kier alpha value is -0.790. The van der Waals surface area contributed by atoms with E-state index in [4.69, 9.17) is 4.74 Å². The van der Waals surface area contributed by atoms with E-state index < -0.39 is 0 Å². The van der Waals surface area contributed by atoms with E-state index in [-0.39, 0.29) is 12.1 Å². The minimum absolute atomic E-state index is 0.0440. The minimum atomic E-state index is -0.211. The molecule has 1 rings (SSSR count). The zero-order chi connectivity index (χ0) is 5.98. The Kier molecular flexibility index (Phi) is 1.33. The van der Waals surface area contributed by atoms with Gasteiger partial charge in [-0.1, -0.05) is 6.92 Å². The molecule has 0 saturated carbocycles. The molecule has 1 atom stereocenters. The summed E-state index contributed by atoms with van der Waals surface area (Å²) in [7, 11) is 0. The quantitative estimate of drug-likeness (QED) is 0.470. The van der Waals surface area contributed by atoms with Crippen molar-refractivity contribution >= 4 is 5.97 Å². The van der Waals surface area contributed by atoms with Crippen LogP contribution in [0.4, 0.5) is 0 Å². The molecule has 0 aromatic heterocycles. The average Bonchev–Trinajstić information content (AvgIpc) is 2.14. The highest BCUT2D eigenvalue weighted by Gasteiger charge is 2.12. The first-order valence-electron chi connectivity index (χ1n) is 2.71. The molecule has 44 valence electrons. The third-order valence-corrected chi connectivity index (χ3v) is 1.12. The maximum atomic E-state index is 10.3. The third kappa shape index (κ3) is 0.886. The fraction of sp³-hybridized carbons (Fsp3) is 0.500. The van der Waals surface area contributed by atoms with Gasteiger partial charge in [0, 0.05) is 6.08 Å². The van der Waals surface area contributed by atoms with Gasteiger partial charge in [-0.15, -0.1) is 0 Å². The molecule has 0 radical (unpaired) electrons. The second-order valence-electron chi connectivity index (χ2n) is 1.74. The summed E-state index contributed by atoms with van der Waals surface area (Å²) in [5.41, 5.74) is 0. The summed E-state index contributed by atoms with van der Waals surface area (Å²) in [4.78, 5) is 10.3. The summed E-state index contributed by atoms with van der Waals surface area (Å²) >= 11 is 0. The van der Waals surface area contributed by atoms with Gasteiger partial charge in [-0.25, -0.2) is 4.79 Å². The van der Waals surface area contributed by atoms with Crippen molar-refractivity contribution in [1.29, 1.82) is 0 Å². The molecule has 1 aliphatic heterocycles. The normalized spacial score (nSPS) is 26.1. The molecule has 2 heteroatoms. The van der Waals surface area contributed by atoms with Gasteiger partial charge in [0.05, 0.1) is 0 Å². The van der Waals surface area contributed by atoms with E-state index in [9.17, 15) is 4.79 Å². The molecule has 2 nitrogen and oxygen atoms in total. The summed E-state index contributed by atoms with van der Waals surface area (Å²) < 4.78 is 4.76. The van der Waals surface area contributed by atoms with Crippen LogP contribution in [0, 0.1) is 0 Å². The first-order valence-corrected chi connectivity index (χ1v) is 2.71. The molecule has 0 unspecified atom stereocenters. The number of ether oxygens (including phenoxy) is 1. The van der Waals surface area contributed by atoms with Crippen LogP contribution in [0.1, 0.15) is 13.3 Å². The predicted molar refractivity (Wildman–Crippen MR) is 29.3 cm³/mol. The molecule has 8 heavy (non-hydrogen) atoms. The lowest BCUT2D eigenvalue weighted by atomic mass is 10.3. The lowest BCUT2D eigenvalue weighted by Crippen LogP contribution is -2.04. The molecule has 0 bridgehead atoms. The van der Waals surface area contributed by atoms with Crippen molar-refractivity contribution in [3.05, 3.63) is 12.2 Å². The van der Waals surface area contributed by atoms with E-state index in [2.05, 4.69) is 0 Å². The minimum Gasteiger partial charge on any atom is -0.455 e. The van der Waals surface area contributed by atoms with Crippen LogP contribution in [-0.2, 0) is 9.53 Å². The van der Waals surface area contributed by atoms with Crippen LogP contribution >= 0.6 is 0 Å². The maximum absolute atomic E-state index is 10.3. The molecule has 0 aromatic carbocycles. The number of hydrogen-bond donors (Lipinski definition) is 0. The molecule has 0 aromatic rings. The molecule has 0 aliphatic carbocycles. The second-order valence-corrected chi connectivity index (χ2v) is 1.74. The van der Waals surface area contributed by atoms with E-state index in [1.165, 1.54) is 6.08 Å². The molecule has 0 fully saturated rings. The van der Waals surface area contributed by atoms with Gasteiger partial charge in [-0.05, 0) is 12.5 Å². The summed E-state index contributed by atoms with van der Waals surface area (Å²) in [6.07, 6.45) is 4.17. The molecule has 0 amide bonds. The van der Waals surface area contributed by atoms with Crippen molar-refractivity contribution in [2.45, 2.75) is 19.4 Å². The van der Waals surface area contributed by atoms with Crippen LogP contribution in [0.3, 0.4) is 0 Å². The van der Waals surface area contributed by atoms with Crippen LogP contribution in [0.15, 0.2) is 12.2 Å². The van der Waals surface area contributed by atoms with E-state index in [0.717, 1.165) is 6.42 Å². The van der Waals surface area contributed by atoms with Crippen molar-refractivity contribution < 1.29 is 9.53 Å². The smallest absolute Gasteiger partial charge is 0.331 e. The van der Waals surface area contributed by atoms with Gasteiger partial charge in [0.1, 0.15) is 6.10 Å². The van der Waals surface area contributed by atoms with Crippen molar-refractivity contribution in [1.82, 2.24) is 0 Å². The lowest BCUT2D eigenvalue weighted by molar-refractivity contribution is -0.138. The highest BCUT2D eigenvalue weighted by molar-refractivity contribution is 5.84. The molecular weight excluding hydrogens is 104 g/mol. The van der Waals surface area contributed by atoms with Gasteiger partial charge in [-0.2, -0.15) is 0 Å². The maximum Gasteiger partial charge on any atom is 0.331 e. The van der Waals surface area contributed by atoms with Crippen LogP contribution < -0.4 is 0 Å². The molecule has 0 saturated heterocycles. The Labute approximate surface area is 48.1 Å². The van der Waals surface area contributed by atoms with Gasteiger partial charge in [0.15, 0.2) is 0 Å². The fourth-order valence-corrected chi connectivity index (χ4v) is 0.633. The van der Waals surface area contributed by atoms with Crippen molar-refractivity contribution in [3.8, 4) is 0 Å². The topological polar surface area (TPSA) is 26.3 Å². The second kappa shape index (κ2) is 1.99. The number of hydrogen-bond acceptors (Lipinski definition) is 2. The first-order chi connectivity index (χ1) is 3.83. The average molecular weight is 112 g/mol. The lowest BCUT2D eigenvalue weighted by Gasteiger charge is -2.01. The number of esters is 1. The zero-order valence-corrected chi connectivity index (χ0v) is 4.76. The molecule has 0 spiro atoms. The van der Waals surface area contributed by atoms with Crippen LogP contribution in [0.25, 0.3) is 0 Å². The van der Waals surface area contributed by atoms with Gasteiger partial charge in [0.2, 0.25) is 0 Å². The van der Waals surface area contributed by atoms with Crippen molar-refractivity contribution in [2.24, 2.45) is 0 Å². The SMILES string of the molecule is CC[C@@H]1C=CC(=O)O1. The van der Waals surface area contributed by atoms with Gasteiger partial charge < -0.3 is 4.74 Å². The van der Waals surface area contributed by atoms with E-state index in [0.29, 0.717) is 0 Å². The zero-order valence-electron chi connectivity index (χ0n) is 4.76. The highest BCUT2D eigenvalue weighted by Crippen LogP contribution is 2.06. The van der Waals surface area contributed by atoms with Crippen LogP contribution in [-0.4, -0.2) is 12.1 Å².